The van der Waals surface area contributed by atoms with Crippen LogP contribution in [0.2, 0.25) is 0 Å². The van der Waals surface area contributed by atoms with Gasteiger partial charge in [-0.25, -0.2) is 4.39 Å². The molecule has 2 saturated carbocycles. The summed E-state index contributed by atoms with van der Waals surface area (Å²) < 4.78 is 18.7. The highest BCUT2D eigenvalue weighted by atomic mass is 19.1. The van der Waals surface area contributed by atoms with Gasteiger partial charge in [0.2, 0.25) is 0 Å². The van der Waals surface area contributed by atoms with Crippen LogP contribution in [0.3, 0.4) is 0 Å². The van der Waals surface area contributed by atoms with Gasteiger partial charge in [-0.1, -0.05) is 25.7 Å². The van der Waals surface area contributed by atoms with E-state index >= 15 is 0 Å². The maximum Gasteiger partial charge on any atom is 0.313 e. The highest BCUT2D eigenvalue weighted by molar-refractivity contribution is 6.40. The zero-order valence-electron chi connectivity index (χ0n) is 17.9. The second-order valence-electron chi connectivity index (χ2n) is 8.52. The number of hydrogen-bond donors (Lipinski definition) is 2. The van der Waals surface area contributed by atoms with Crippen molar-refractivity contribution in [2.75, 3.05) is 5.32 Å². The van der Waals surface area contributed by atoms with Crippen LogP contribution in [-0.2, 0) is 14.4 Å². The van der Waals surface area contributed by atoms with Crippen LogP contribution in [0.15, 0.2) is 47.1 Å². The second kappa shape index (κ2) is 9.97. The zero-order chi connectivity index (χ0) is 22.5. The Kier molecular flexibility index (Phi) is 6.87. The van der Waals surface area contributed by atoms with Gasteiger partial charge in [-0.3, -0.25) is 14.4 Å². The van der Waals surface area contributed by atoms with Crippen molar-refractivity contribution in [3.8, 4) is 0 Å². The molecule has 0 bridgehead atoms. The number of nitrogens with zero attached hydrogens (tertiary/aromatic N) is 1. The molecule has 3 amide bonds. The predicted octanol–water partition coefficient (Wildman–Crippen LogP) is 3.93. The Morgan fingerprint density at radius 3 is 2.25 bits per heavy atom. The lowest BCUT2D eigenvalue weighted by Crippen LogP contribution is -2.52. The lowest BCUT2D eigenvalue weighted by Gasteiger charge is -2.34. The Morgan fingerprint density at radius 1 is 0.969 bits per heavy atom. The van der Waals surface area contributed by atoms with E-state index in [1.807, 2.05) is 0 Å². The lowest BCUT2D eigenvalue weighted by molar-refractivity contribution is -0.150. The van der Waals surface area contributed by atoms with Gasteiger partial charge in [0.05, 0.1) is 6.26 Å². The molecule has 2 fully saturated rings. The van der Waals surface area contributed by atoms with Crippen LogP contribution in [-0.4, -0.2) is 34.7 Å². The molecular weight excluding hydrogens is 413 g/mol. The van der Waals surface area contributed by atoms with Crippen LogP contribution in [0.25, 0.3) is 0 Å². The Balaban J connectivity index is 1.60. The first kappa shape index (κ1) is 22.0. The SMILES string of the molecule is O=C(Nc1ccc(F)cc1)C(=O)N(C1CCCC1)[C@@H](C(=O)NC1CCCC1)c1ccco1. The summed E-state index contributed by atoms with van der Waals surface area (Å²) in [5.74, 6) is -2.11. The third-order valence-electron chi connectivity index (χ3n) is 6.29. The van der Waals surface area contributed by atoms with Crippen LogP contribution in [0.5, 0.6) is 0 Å². The summed E-state index contributed by atoms with van der Waals surface area (Å²) in [6, 6.07) is 7.30. The first-order chi connectivity index (χ1) is 15.5. The number of anilines is 1. The number of benzene rings is 1. The average Bonchev–Trinajstić information content (AvgIpc) is 3.56. The molecular formula is C24H28FN3O4. The van der Waals surface area contributed by atoms with Gasteiger partial charge in [-0.2, -0.15) is 0 Å². The van der Waals surface area contributed by atoms with Crippen LogP contribution < -0.4 is 10.6 Å². The van der Waals surface area contributed by atoms with E-state index in [2.05, 4.69) is 10.6 Å². The fourth-order valence-electron chi connectivity index (χ4n) is 4.70. The summed E-state index contributed by atoms with van der Waals surface area (Å²) in [4.78, 5) is 41.0. The van der Waals surface area contributed by atoms with E-state index in [0.717, 1.165) is 38.5 Å². The number of nitrogens with one attached hydrogen (secondary N) is 2. The number of carbonyl (C=O) groups excluding carboxylic acids is 3. The van der Waals surface area contributed by atoms with E-state index in [1.54, 1.807) is 12.1 Å². The average molecular weight is 442 g/mol. The van der Waals surface area contributed by atoms with Gasteiger partial charge in [0.15, 0.2) is 6.04 Å². The van der Waals surface area contributed by atoms with Gasteiger partial charge in [-0.05, 0) is 62.1 Å². The van der Waals surface area contributed by atoms with Crippen molar-refractivity contribution >= 4 is 23.4 Å². The minimum absolute atomic E-state index is 0.0635. The van der Waals surface area contributed by atoms with Crippen LogP contribution >= 0.6 is 0 Å². The van der Waals surface area contributed by atoms with Crippen LogP contribution in [0.1, 0.15) is 63.2 Å². The normalized spacial score (nSPS) is 17.8. The molecule has 0 saturated heterocycles. The van der Waals surface area contributed by atoms with E-state index in [1.165, 1.54) is 35.4 Å². The Morgan fingerprint density at radius 2 is 1.62 bits per heavy atom. The van der Waals surface area contributed by atoms with E-state index in [-0.39, 0.29) is 18.0 Å². The smallest absolute Gasteiger partial charge is 0.313 e. The molecule has 1 aromatic carbocycles. The number of carbonyl (C=O) groups is 3. The van der Waals surface area contributed by atoms with Gasteiger partial charge in [-0.15, -0.1) is 0 Å². The Bertz CT molecular complexity index is 933. The molecule has 0 radical (unpaired) electrons. The molecule has 8 heteroatoms. The van der Waals surface area contributed by atoms with Gasteiger partial charge < -0.3 is 20.0 Å². The highest BCUT2D eigenvalue weighted by Gasteiger charge is 2.42. The molecule has 1 atom stereocenters. The van der Waals surface area contributed by atoms with Crippen molar-refractivity contribution < 1.29 is 23.2 Å². The van der Waals surface area contributed by atoms with Crippen LogP contribution in [0.4, 0.5) is 10.1 Å². The third kappa shape index (κ3) is 5.00. The molecule has 0 aliphatic heterocycles. The number of hydrogen-bond acceptors (Lipinski definition) is 4. The minimum Gasteiger partial charge on any atom is -0.467 e. The highest BCUT2D eigenvalue weighted by Crippen LogP contribution is 2.33. The van der Waals surface area contributed by atoms with Crippen molar-refractivity contribution in [1.82, 2.24) is 10.2 Å². The molecule has 2 aromatic rings. The van der Waals surface area contributed by atoms with E-state index in [4.69, 9.17) is 4.42 Å². The number of amides is 3. The lowest BCUT2D eigenvalue weighted by atomic mass is 10.1. The summed E-state index contributed by atoms with van der Waals surface area (Å²) in [6.45, 7) is 0. The van der Waals surface area contributed by atoms with Gasteiger partial charge in [0.1, 0.15) is 11.6 Å². The Hall–Kier alpha value is -3.16. The molecule has 0 unspecified atom stereocenters. The minimum atomic E-state index is -1.03. The van der Waals surface area contributed by atoms with Gasteiger partial charge in [0.25, 0.3) is 5.91 Å². The maximum atomic E-state index is 13.4. The molecule has 1 aromatic heterocycles. The third-order valence-corrected chi connectivity index (χ3v) is 6.29. The summed E-state index contributed by atoms with van der Waals surface area (Å²) in [5, 5.41) is 5.58. The molecule has 1 heterocycles. The topological polar surface area (TPSA) is 91.7 Å². The van der Waals surface area contributed by atoms with Crippen molar-refractivity contribution in [3.63, 3.8) is 0 Å². The number of rotatable bonds is 6. The summed E-state index contributed by atoms with van der Waals surface area (Å²) in [5.41, 5.74) is 0.307. The fraction of sp³-hybridized carbons (Fsp3) is 0.458. The summed E-state index contributed by atoms with van der Waals surface area (Å²) in [7, 11) is 0. The maximum absolute atomic E-state index is 13.4. The first-order valence-corrected chi connectivity index (χ1v) is 11.3. The van der Waals surface area contributed by atoms with E-state index in [0.29, 0.717) is 24.3 Å². The molecule has 2 aliphatic rings. The van der Waals surface area contributed by atoms with Crippen molar-refractivity contribution in [1.29, 1.82) is 0 Å². The zero-order valence-corrected chi connectivity index (χ0v) is 17.9. The van der Waals surface area contributed by atoms with Gasteiger partial charge in [0, 0.05) is 17.8 Å². The van der Waals surface area contributed by atoms with Gasteiger partial charge >= 0.3 is 11.8 Å². The van der Waals surface area contributed by atoms with Crippen LogP contribution in [0, 0.1) is 5.82 Å². The second-order valence-corrected chi connectivity index (χ2v) is 8.52. The molecule has 170 valence electrons. The fourth-order valence-corrected chi connectivity index (χ4v) is 4.70. The molecule has 4 rings (SSSR count). The molecule has 7 nitrogen and oxygen atoms in total. The van der Waals surface area contributed by atoms with E-state index in [9.17, 15) is 18.8 Å². The Labute approximate surface area is 186 Å². The summed E-state index contributed by atoms with van der Waals surface area (Å²) >= 11 is 0. The molecule has 32 heavy (non-hydrogen) atoms. The standard InChI is InChI=1S/C24H28FN3O4/c25-16-11-13-18(14-12-16)27-23(30)24(31)28(19-8-3-4-9-19)21(20-10-5-15-32-20)22(29)26-17-6-1-2-7-17/h5,10-15,17,19,21H,1-4,6-9H2,(H,26,29)(H,27,30)/t21-/m1/s1. The first-order valence-electron chi connectivity index (χ1n) is 11.3. The number of halogens is 1. The van der Waals surface area contributed by atoms with Crippen molar-refractivity contribution in [3.05, 3.63) is 54.2 Å². The van der Waals surface area contributed by atoms with Crippen molar-refractivity contribution in [2.24, 2.45) is 0 Å². The molecule has 0 spiro atoms. The predicted molar refractivity (Wildman–Crippen MR) is 116 cm³/mol. The summed E-state index contributed by atoms with van der Waals surface area (Å²) in [6.07, 6.45) is 8.64. The number of furan rings is 1. The molecule has 2 aliphatic carbocycles. The largest absolute Gasteiger partial charge is 0.467 e. The van der Waals surface area contributed by atoms with Crippen molar-refractivity contribution in [2.45, 2.75) is 69.5 Å². The van der Waals surface area contributed by atoms with E-state index < -0.39 is 23.7 Å². The molecule has 2 N–H and O–H groups in total. The quantitative estimate of drug-likeness (QED) is 0.665. The monoisotopic (exact) mass is 441 g/mol.